The standard InChI is InChI=1S/C43H49N11O5/c1-49(2)42(59)35-17-26-20-45-43(48-38(26)53(35)27-5-3-4-6-27)46-36-11-8-29(21-44-36)50-15-13-25(14-16-50)22-52-30-18-31(52)24-51(23-30)28-7-9-32-33(19-28)41(58)54(40(32)57)34-10-12-37(55)47-39(34)56/h7-9,11,17,19-21,25,27,30-31,34H,3-6,10,12-16,18,22-24H2,1-2H3,(H,47,55,56)(H,44,45,46,48). The lowest BCUT2D eigenvalue weighted by Gasteiger charge is -2.58. The van der Waals surface area contributed by atoms with Gasteiger partial charge in [0.2, 0.25) is 17.8 Å². The predicted octanol–water partition coefficient (Wildman–Crippen LogP) is 3.97. The zero-order valence-electron chi connectivity index (χ0n) is 33.5. The van der Waals surface area contributed by atoms with Crippen molar-refractivity contribution in [3.63, 3.8) is 0 Å². The van der Waals surface area contributed by atoms with Crippen LogP contribution in [0.25, 0.3) is 11.0 Å². The SMILES string of the molecule is CN(C)C(=O)c1cc2cnc(Nc3ccc(N4CCC(CN5C6CC5CN(c5ccc7c(c5)C(=O)N(C5CCC(=O)NC5=O)C7=O)C6)CC4)cn3)nc2n1C1CCCC1. The van der Waals surface area contributed by atoms with Crippen molar-refractivity contribution in [2.24, 2.45) is 5.92 Å². The summed E-state index contributed by atoms with van der Waals surface area (Å²) in [6.45, 7) is 4.75. The van der Waals surface area contributed by atoms with Gasteiger partial charge in [0.25, 0.3) is 17.7 Å². The maximum Gasteiger partial charge on any atom is 0.270 e. The second-order valence-corrected chi connectivity index (χ2v) is 17.3. The number of nitrogens with one attached hydrogen (secondary N) is 2. The number of piperazine rings is 1. The summed E-state index contributed by atoms with van der Waals surface area (Å²) < 4.78 is 2.12. The number of fused-ring (bicyclic) bond motifs is 4. The van der Waals surface area contributed by atoms with Crippen molar-refractivity contribution in [3.8, 4) is 0 Å². The predicted molar refractivity (Wildman–Crippen MR) is 220 cm³/mol. The lowest BCUT2D eigenvalue weighted by atomic mass is 9.84. The molecule has 11 rings (SSSR count). The molecule has 0 radical (unpaired) electrons. The van der Waals surface area contributed by atoms with E-state index in [9.17, 15) is 24.0 Å². The number of amides is 5. The van der Waals surface area contributed by atoms with Gasteiger partial charge in [-0.05, 0) is 80.8 Å². The first-order chi connectivity index (χ1) is 28.6. The number of aromatic nitrogens is 4. The molecular formula is C43H49N11O5. The minimum atomic E-state index is -0.966. The molecule has 3 unspecified atom stereocenters. The molecular weight excluding hydrogens is 751 g/mol. The van der Waals surface area contributed by atoms with Crippen molar-refractivity contribution in [1.82, 2.24) is 39.5 Å². The molecule has 0 spiro atoms. The van der Waals surface area contributed by atoms with Gasteiger partial charge in [-0.3, -0.25) is 39.1 Å². The largest absolute Gasteiger partial charge is 0.370 e. The van der Waals surface area contributed by atoms with Crippen LogP contribution in [0.3, 0.4) is 0 Å². The van der Waals surface area contributed by atoms with E-state index in [0.29, 0.717) is 46.6 Å². The van der Waals surface area contributed by atoms with Crippen molar-refractivity contribution in [2.45, 2.75) is 82.0 Å². The zero-order valence-corrected chi connectivity index (χ0v) is 33.5. The van der Waals surface area contributed by atoms with Gasteiger partial charge < -0.3 is 24.6 Å². The quantitative estimate of drug-likeness (QED) is 0.234. The molecule has 9 heterocycles. The zero-order chi connectivity index (χ0) is 40.5. The van der Waals surface area contributed by atoms with Crippen molar-refractivity contribution in [1.29, 1.82) is 0 Å². The number of carbonyl (C=O) groups excluding carboxylic acids is 5. The van der Waals surface area contributed by atoms with Crippen LogP contribution >= 0.6 is 0 Å². The third-order valence-electron chi connectivity index (χ3n) is 13.5. The van der Waals surface area contributed by atoms with E-state index in [2.05, 4.69) is 41.0 Å². The van der Waals surface area contributed by atoms with Crippen molar-refractivity contribution in [2.75, 3.05) is 61.9 Å². The third-order valence-corrected chi connectivity index (χ3v) is 13.5. The van der Waals surface area contributed by atoms with Crippen LogP contribution in [0, 0.1) is 5.92 Å². The van der Waals surface area contributed by atoms with E-state index in [1.165, 1.54) is 0 Å². The number of hydrogen-bond donors (Lipinski definition) is 2. The number of benzene rings is 1. The van der Waals surface area contributed by atoms with E-state index >= 15 is 0 Å². The fourth-order valence-electron chi connectivity index (χ4n) is 10.3. The minimum Gasteiger partial charge on any atom is -0.370 e. The van der Waals surface area contributed by atoms with Crippen molar-refractivity contribution >= 4 is 63.7 Å². The fraction of sp³-hybridized carbons (Fsp3) is 0.488. The molecule has 2 bridgehead atoms. The number of hydrogen-bond acceptors (Lipinski definition) is 12. The van der Waals surface area contributed by atoms with Gasteiger partial charge in [0, 0.05) is 88.6 Å². The number of nitrogens with zero attached hydrogens (tertiary/aromatic N) is 9. The number of anilines is 4. The van der Waals surface area contributed by atoms with Crippen molar-refractivity contribution in [3.05, 3.63) is 65.6 Å². The number of imide groups is 2. The van der Waals surface area contributed by atoms with Crippen LogP contribution in [0.2, 0.25) is 0 Å². The molecule has 5 saturated heterocycles. The van der Waals surface area contributed by atoms with E-state index in [1.54, 1.807) is 37.3 Å². The molecule has 5 amide bonds. The highest BCUT2D eigenvalue weighted by Crippen LogP contribution is 2.39. The summed E-state index contributed by atoms with van der Waals surface area (Å²) in [7, 11) is 3.56. The Morgan fingerprint density at radius 2 is 1.58 bits per heavy atom. The first kappa shape index (κ1) is 37.4. The van der Waals surface area contributed by atoms with Crippen LogP contribution in [-0.4, -0.2) is 129 Å². The molecule has 4 aromatic rings. The summed E-state index contributed by atoms with van der Waals surface area (Å²) in [6.07, 6.45) is 11.7. The van der Waals surface area contributed by atoms with E-state index < -0.39 is 23.8 Å². The molecule has 306 valence electrons. The third kappa shape index (κ3) is 6.66. The topological polar surface area (TPSA) is 169 Å². The summed E-state index contributed by atoms with van der Waals surface area (Å²) in [5.74, 6) is -0.224. The van der Waals surface area contributed by atoms with Crippen LogP contribution < -0.4 is 20.4 Å². The van der Waals surface area contributed by atoms with E-state index in [0.717, 1.165) is 105 Å². The highest BCUT2D eigenvalue weighted by Gasteiger charge is 2.47. The Morgan fingerprint density at radius 1 is 0.831 bits per heavy atom. The Labute approximate surface area is 341 Å². The Morgan fingerprint density at radius 3 is 2.29 bits per heavy atom. The van der Waals surface area contributed by atoms with Gasteiger partial charge in [-0.2, -0.15) is 4.98 Å². The molecule has 59 heavy (non-hydrogen) atoms. The van der Waals surface area contributed by atoms with Crippen LogP contribution in [-0.2, 0) is 9.59 Å². The van der Waals surface area contributed by atoms with Gasteiger partial charge in [0.1, 0.15) is 23.2 Å². The second-order valence-electron chi connectivity index (χ2n) is 17.3. The van der Waals surface area contributed by atoms with Gasteiger partial charge >= 0.3 is 0 Å². The van der Waals surface area contributed by atoms with Crippen molar-refractivity contribution < 1.29 is 24.0 Å². The van der Waals surface area contributed by atoms with Gasteiger partial charge in [-0.15, -0.1) is 0 Å². The van der Waals surface area contributed by atoms with E-state index in [4.69, 9.17) is 9.97 Å². The summed E-state index contributed by atoms with van der Waals surface area (Å²) in [5.41, 5.74) is 4.08. The second kappa shape index (κ2) is 14.7. The average Bonchev–Trinajstić information content (AvgIpc) is 3.97. The van der Waals surface area contributed by atoms with Crippen LogP contribution in [0.15, 0.2) is 48.8 Å². The molecule has 3 atom stereocenters. The molecule has 16 nitrogen and oxygen atoms in total. The molecule has 1 saturated carbocycles. The number of piperidine rings is 3. The average molecular weight is 800 g/mol. The maximum absolute atomic E-state index is 13.4. The highest BCUT2D eigenvalue weighted by molar-refractivity contribution is 6.23. The Bertz CT molecular complexity index is 2350. The number of pyridine rings is 1. The number of carbonyl (C=O) groups is 5. The molecule has 3 aromatic heterocycles. The summed E-state index contributed by atoms with van der Waals surface area (Å²) in [5, 5.41) is 6.40. The maximum atomic E-state index is 13.4. The fourth-order valence-corrected chi connectivity index (χ4v) is 10.3. The number of rotatable bonds is 9. The summed E-state index contributed by atoms with van der Waals surface area (Å²) >= 11 is 0. The Kier molecular flexibility index (Phi) is 9.33. The summed E-state index contributed by atoms with van der Waals surface area (Å²) in [4.78, 5) is 88.0. The van der Waals surface area contributed by atoms with Gasteiger partial charge in [0.05, 0.1) is 23.0 Å². The summed E-state index contributed by atoms with van der Waals surface area (Å²) in [6, 6.07) is 11.6. The van der Waals surface area contributed by atoms with Gasteiger partial charge in [-0.1, -0.05) is 12.8 Å². The van der Waals surface area contributed by atoms with Crippen LogP contribution in [0.1, 0.15) is 95.0 Å². The van der Waals surface area contributed by atoms with Crippen LogP contribution in [0.5, 0.6) is 0 Å². The molecule has 2 N–H and O–H groups in total. The normalized spacial score (nSPS) is 23.8. The van der Waals surface area contributed by atoms with Gasteiger partial charge in [0.15, 0.2) is 0 Å². The highest BCUT2D eigenvalue weighted by atomic mass is 16.2. The monoisotopic (exact) mass is 799 g/mol. The lowest BCUT2D eigenvalue weighted by Crippen LogP contribution is -2.69. The molecule has 1 aromatic carbocycles. The first-order valence-electron chi connectivity index (χ1n) is 21.0. The first-order valence-corrected chi connectivity index (χ1v) is 21.0. The lowest BCUT2D eigenvalue weighted by molar-refractivity contribution is -0.136. The van der Waals surface area contributed by atoms with Gasteiger partial charge in [-0.25, -0.2) is 9.97 Å². The molecule has 16 heteroatoms. The van der Waals surface area contributed by atoms with E-state index in [1.807, 2.05) is 24.4 Å². The Balaban J connectivity index is 0.727. The smallest absolute Gasteiger partial charge is 0.270 e. The molecule has 1 aliphatic carbocycles. The molecule has 6 aliphatic heterocycles. The molecule has 7 aliphatic rings. The van der Waals surface area contributed by atoms with E-state index in [-0.39, 0.29) is 30.7 Å². The molecule has 6 fully saturated rings. The minimum absolute atomic E-state index is 0.0295. The van der Waals surface area contributed by atoms with Crippen LogP contribution in [0.4, 0.5) is 23.1 Å². The Hall–Kier alpha value is -5.90.